The maximum Gasteiger partial charge on any atom is 0.320 e. The molecule has 4 aliphatic carbocycles. The number of methoxy groups -OCH3 is 1. The third kappa shape index (κ3) is 1.56. The third-order valence-electron chi connectivity index (χ3n) is 7.07. The highest BCUT2D eigenvalue weighted by Gasteiger charge is 2.72. The number of ether oxygens (including phenoxy) is 1. The van der Waals surface area contributed by atoms with Gasteiger partial charge in [-0.2, -0.15) is 0 Å². The number of allylic oxidation sites excluding steroid dienone is 2. The largest absolute Gasteiger partial charge is 0.468 e. The summed E-state index contributed by atoms with van der Waals surface area (Å²) in [5, 5.41) is 0. The Kier molecular flexibility index (Phi) is 3.19. The number of carbonyl (C=O) groups excluding carboxylic acids is 4. The summed E-state index contributed by atoms with van der Waals surface area (Å²) in [4.78, 5) is 51.9. The summed E-state index contributed by atoms with van der Waals surface area (Å²) >= 11 is 0. The second-order valence-electron chi connectivity index (χ2n) is 7.96. The van der Waals surface area contributed by atoms with Crippen LogP contribution < -0.4 is 0 Å². The summed E-state index contributed by atoms with van der Waals surface area (Å²) in [7, 11) is 1.26. The van der Waals surface area contributed by atoms with Gasteiger partial charge in [0.2, 0.25) is 0 Å². The molecule has 2 bridgehead atoms. The molecule has 0 N–H and O–H groups in total. The van der Waals surface area contributed by atoms with E-state index in [1.54, 1.807) is 6.92 Å². The highest BCUT2D eigenvalue weighted by atomic mass is 16.5. The average Bonchev–Trinajstić information content (AvgIpc) is 3.11. The van der Waals surface area contributed by atoms with Crippen LogP contribution in [0.4, 0.5) is 0 Å². The number of fused-ring (bicyclic) bond motifs is 6. The molecule has 3 saturated carbocycles. The van der Waals surface area contributed by atoms with Gasteiger partial charge in [0.25, 0.3) is 0 Å². The minimum Gasteiger partial charge on any atom is -0.468 e. The number of Topliss-reactive ketones (excluding diaryl/α,β-unsaturated/α-hetero) is 3. The molecule has 0 aromatic heterocycles. The summed E-state index contributed by atoms with van der Waals surface area (Å²) in [6.07, 6.45) is 4.80. The molecule has 0 heterocycles. The van der Waals surface area contributed by atoms with Crippen molar-refractivity contribution in [2.45, 2.75) is 26.7 Å². The Balaban J connectivity index is 1.92. The first-order chi connectivity index (χ1) is 11.4. The van der Waals surface area contributed by atoms with E-state index in [1.807, 2.05) is 19.1 Å². The van der Waals surface area contributed by atoms with E-state index in [1.165, 1.54) is 7.11 Å². The van der Waals surface area contributed by atoms with Gasteiger partial charge in [-0.25, -0.2) is 0 Å². The molecule has 0 spiro atoms. The standard InChI is InChI=1S/C19H22O5/c1-8-4-5-9(2)19(18(23)24-3)15(8)16(21)13-10-6-11(12(20)7-10)14(13)17(19)22/h4-5,8-11,13-15H,6-7H2,1-3H3/t8-,9+,10-,11+,13?,14?,15-,19-/m0/s1. The van der Waals surface area contributed by atoms with Gasteiger partial charge in [0.05, 0.1) is 7.11 Å². The lowest BCUT2D eigenvalue weighted by molar-refractivity contribution is -0.181. The van der Waals surface area contributed by atoms with Crippen molar-refractivity contribution in [2.24, 2.45) is 46.8 Å². The van der Waals surface area contributed by atoms with Gasteiger partial charge in [0.1, 0.15) is 17.0 Å². The Bertz CT molecular complexity index is 692. The van der Waals surface area contributed by atoms with Gasteiger partial charge in [-0.15, -0.1) is 0 Å². The maximum atomic E-state index is 13.6. The molecular weight excluding hydrogens is 308 g/mol. The predicted molar refractivity (Wildman–Crippen MR) is 83.6 cm³/mol. The van der Waals surface area contributed by atoms with Crippen molar-refractivity contribution in [1.29, 1.82) is 0 Å². The second-order valence-corrected chi connectivity index (χ2v) is 7.96. The molecule has 128 valence electrons. The lowest BCUT2D eigenvalue weighted by Gasteiger charge is -2.52. The number of esters is 1. The van der Waals surface area contributed by atoms with Crippen molar-refractivity contribution in [3.63, 3.8) is 0 Å². The molecule has 0 aromatic rings. The zero-order chi connectivity index (χ0) is 17.4. The molecule has 0 radical (unpaired) electrons. The first kappa shape index (κ1) is 15.7. The molecule has 0 aliphatic heterocycles. The summed E-state index contributed by atoms with van der Waals surface area (Å²) in [5.41, 5.74) is -1.47. The molecule has 0 aromatic carbocycles. The van der Waals surface area contributed by atoms with Gasteiger partial charge in [-0.3, -0.25) is 19.2 Å². The summed E-state index contributed by atoms with van der Waals surface area (Å²) < 4.78 is 5.01. The zero-order valence-electron chi connectivity index (χ0n) is 14.2. The third-order valence-corrected chi connectivity index (χ3v) is 7.07. The van der Waals surface area contributed by atoms with Gasteiger partial charge >= 0.3 is 5.97 Å². The van der Waals surface area contributed by atoms with Gasteiger partial charge in [-0.1, -0.05) is 26.0 Å². The summed E-state index contributed by atoms with van der Waals surface area (Å²) in [5.74, 6) is -3.46. The molecule has 0 saturated heterocycles. The highest BCUT2D eigenvalue weighted by Crippen LogP contribution is 2.62. The van der Waals surface area contributed by atoms with Crippen molar-refractivity contribution >= 4 is 23.3 Å². The smallest absolute Gasteiger partial charge is 0.320 e. The Hall–Kier alpha value is -1.78. The van der Waals surface area contributed by atoms with Crippen molar-refractivity contribution in [3.8, 4) is 0 Å². The number of hydrogen-bond acceptors (Lipinski definition) is 5. The lowest BCUT2D eigenvalue weighted by atomic mass is 9.47. The van der Waals surface area contributed by atoms with Crippen LogP contribution >= 0.6 is 0 Å². The molecule has 24 heavy (non-hydrogen) atoms. The van der Waals surface area contributed by atoms with Crippen LogP contribution in [0.25, 0.3) is 0 Å². The monoisotopic (exact) mass is 330 g/mol. The van der Waals surface area contributed by atoms with Crippen molar-refractivity contribution in [1.82, 2.24) is 0 Å². The fourth-order valence-electron chi connectivity index (χ4n) is 6.10. The first-order valence-electron chi connectivity index (χ1n) is 8.73. The van der Waals surface area contributed by atoms with Crippen LogP contribution in [-0.4, -0.2) is 30.4 Å². The Labute approximate surface area is 140 Å². The topological polar surface area (TPSA) is 77.5 Å². The second kappa shape index (κ2) is 4.87. The molecule has 2 unspecified atom stereocenters. The van der Waals surface area contributed by atoms with Crippen molar-refractivity contribution < 1.29 is 23.9 Å². The Morgan fingerprint density at radius 2 is 1.88 bits per heavy atom. The van der Waals surface area contributed by atoms with E-state index in [0.29, 0.717) is 12.8 Å². The molecule has 5 nitrogen and oxygen atoms in total. The zero-order valence-corrected chi connectivity index (χ0v) is 14.2. The van der Waals surface area contributed by atoms with E-state index in [2.05, 4.69) is 0 Å². The first-order valence-corrected chi connectivity index (χ1v) is 8.73. The summed E-state index contributed by atoms with van der Waals surface area (Å²) in [6, 6.07) is 0. The van der Waals surface area contributed by atoms with Gasteiger partial charge in [-0.05, 0) is 24.2 Å². The highest BCUT2D eigenvalue weighted by molar-refractivity contribution is 6.16. The van der Waals surface area contributed by atoms with Crippen LogP contribution in [0.1, 0.15) is 26.7 Å². The van der Waals surface area contributed by atoms with Crippen molar-refractivity contribution in [2.75, 3.05) is 7.11 Å². The molecule has 8 atom stereocenters. The SMILES string of the molecule is COC(=O)[C@]12C(=O)C3C(C(=O)[C@@H]1[C@@H](C)C=C[C@H]2C)[C@@H]1CC(=O)[C@H]3C1. The van der Waals surface area contributed by atoms with Crippen LogP contribution in [0.3, 0.4) is 0 Å². The number of ketones is 3. The molecule has 4 rings (SSSR count). The molecular formula is C19H22O5. The fraction of sp³-hybridized carbons (Fsp3) is 0.684. The number of rotatable bonds is 1. The van der Waals surface area contributed by atoms with E-state index in [4.69, 9.17) is 4.74 Å². The minimum atomic E-state index is -1.47. The average molecular weight is 330 g/mol. The van der Waals surface area contributed by atoms with Gasteiger partial charge < -0.3 is 4.74 Å². The summed E-state index contributed by atoms with van der Waals surface area (Å²) in [6.45, 7) is 3.68. The van der Waals surface area contributed by atoms with E-state index < -0.39 is 29.1 Å². The number of carbonyl (C=O) groups is 4. The van der Waals surface area contributed by atoms with Crippen LogP contribution in [0.15, 0.2) is 12.2 Å². The molecule has 5 heteroatoms. The Morgan fingerprint density at radius 1 is 1.17 bits per heavy atom. The van der Waals surface area contributed by atoms with Crippen LogP contribution in [0, 0.1) is 46.8 Å². The van der Waals surface area contributed by atoms with E-state index in [0.717, 1.165) is 0 Å². The van der Waals surface area contributed by atoms with Crippen LogP contribution in [0.2, 0.25) is 0 Å². The normalized spacial score (nSPS) is 49.1. The maximum absolute atomic E-state index is 13.6. The van der Waals surface area contributed by atoms with Gasteiger partial charge in [0, 0.05) is 30.1 Å². The molecule has 3 fully saturated rings. The quantitative estimate of drug-likeness (QED) is 0.414. The predicted octanol–water partition coefficient (Wildman–Crippen LogP) is 1.60. The Morgan fingerprint density at radius 3 is 2.54 bits per heavy atom. The lowest BCUT2D eigenvalue weighted by Crippen LogP contribution is -2.65. The minimum absolute atomic E-state index is 0.00583. The van der Waals surface area contributed by atoms with Crippen LogP contribution in [-0.2, 0) is 23.9 Å². The molecule has 0 amide bonds. The number of hydrogen-bond donors (Lipinski definition) is 0. The van der Waals surface area contributed by atoms with E-state index >= 15 is 0 Å². The van der Waals surface area contributed by atoms with E-state index in [-0.39, 0.29) is 41.0 Å². The fourth-order valence-corrected chi connectivity index (χ4v) is 6.10. The van der Waals surface area contributed by atoms with E-state index in [9.17, 15) is 19.2 Å². The van der Waals surface area contributed by atoms with Crippen molar-refractivity contribution in [3.05, 3.63) is 12.2 Å². The van der Waals surface area contributed by atoms with Crippen LogP contribution in [0.5, 0.6) is 0 Å². The molecule has 4 aliphatic rings. The van der Waals surface area contributed by atoms with Gasteiger partial charge in [0.15, 0.2) is 5.78 Å².